The van der Waals surface area contributed by atoms with E-state index in [0.717, 1.165) is 33.9 Å². The fourth-order valence-electron chi connectivity index (χ4n) is 2.47. The lowest BCUT2D eigenvalue weighted by Gasteiger charge is -2.09. The van der Waals surface area contributed by atoms with Crippen LogP contribution in [0.15, 0.2) is 64.0 Å². The molecule has 3 aromatic rings. The highest BCUT2D eigenvalue weighted by molar-refractivity contribution is 5.94. The maximum Gasteiger partial charge on any atom is 0.336 e. The second-order valence-electron chi connectivity index (χ2n) is 5.15. The Morgan fingerprint density at radius 2 is 1.83 bits per heavy atom. The average molecular weight is 318 g/mol. The summed E-state index contributed by atoms with van der Waals surface area (Å²) in [6.07, 6.45) is 7.10. The third kappa shape index (κ3) is 3.74. The van der Waals surface area contributed by atoms with E-state index in [1.807, 2.05) is 43.3 Å². The molecule has 0 radical (unpaired) electrons. The molecule has 2 aromatic carbocycles. The lowest BCUT2D eigenvalue weighted by atomic mass is 9.97. The summed E-state index contributed by atoms with van der Waals surface area (Å²) in [4.78, 5) is 11.8. The van der Waals surface area contributed by atoms with E-state index in [0.29, 0.717) is 5.58 Å². The van der Waals surface area contributed by atoms with Gasteiger partial charge in [-0.15, -0.1) is 12.3 Å². The van der Waals surface area contributed by atoms with Crippen molar-refractivity contribution in [3.63, 3.8) is 0 Å². The predicted octanol–water partition coefficient (Wildman–Crippen LogP) is 4.94. The summed E-state index contributed by atoms with van der Waals surface area (Å²) < 4.78 is 5.28. The summed E-state index contributed by atoms with van der Waals surface area (Å²) in [5.74, 6) is 2.25. The minimum atomic E-state index is -0.383. The van der Waals surface area contributed by atoms with Crippen LogP contribution in [-0.2, 0) is 0 Å². The number of hydrogen-bond acceptors (Lipinski definition) is 3. The molecule has 0 saturated heterocycles. The van der Waals surface area contributed by atoms with E-state index in [-0.39, 0.29) is 5.63 Å². The molecule has 0 fully saturated rings. The quantitative estimate of drug-likeness (QED) is 0.414. The Kier molecular flexibility index (Phi) is 5.59. The van der Waals surface area contributed by atoms with Crippen LogP contribution in [-0.4, -0.2) is 5.11 Å². The molecule has 3 nitrogen and oxygen atoms in total. The predicted molar refractivity (Wildman–Crippen MR) is 98.8 cm³/mol. The second kappa shape index (κ2) is 7.85. The number of fused-ring (bicyclic) bond motifs is 1. The number of benzene rings is 2. The van der Waals surface area contributed by atoms with Crippen LogP contribution in [0.5, 0.6) is 0 Å². The van der Waals surface area contributed by atoms with Gasteiger partial charge in [-0.2, -0.15) is 0 Å². The molecule has 3 rings (SSSR count). The number of aryl methyl sites for hydroxylation is 1. The van der Waals surface area contributed by atoms with E-state index in [1.165, 1.54) is 6.07 Å². The van der Waals surface area contributed by atoms with Crippen molar-refractivity contribution < 1.29 is 9.52 Å². The van der Waals surface area contributed by atoms with Crippen LogP contribution in [0.2, 0.25) is 0 Å². The largest absolute Gasteiger partial charge is 0.516 e. The Balaban J connectivity index is 0.000000647. The van der Waals surface area contributed by atoms with Crippen molar-refractivity contribution in [1.82, 2.24) is 0 Å². The molecule has 3 heteroatoms. The van der Waals surface area contributed by atoms with Crippen molar-refractivity contribution in [2.24, 2.45) is 0 Å². The van der Waals surface area contributed by atoms with Crippen LogP contribution in [0.1, 0.15) is 18.1 Å². The molecule has 0 amide bonds. The van der Waals surface area contributed by atoms with Crippen molar-refractivity contribution in [2.45, 2.75) is 13.8 Å². The van der Waals surface area contributed by atoms with Gasteiger partial charge in [0.25, 0.3) is 0 Å². The van der Waals surface area contributed by atoms with Crippen molar-refractivity contribution in [1.29, 1.82) is 0 Å². The fourth-order valence-corrected chi connectivity index (χ4v) is 2.47. The zero-order chi connectivity index (χ0) is 17.5. The summed E-state index contributed by atoms with van der Waals surface area (Å²) in [6.45, 7) is 3.67. The van der Waals surface area contributed by atoms with Crippen LogP contribution in [0, 0.1) is 19.3 Å². The summed E-state index contributed by atoms with van der Waals surface area (Å²) in [7, 11) is 0. The zero-order valence-electron chi connectivity index (χ0n) is 13.6. The molecule has 1 N–H and O–H groups in total. The number of aliphatic hydroxyl groups is 1. The highest BCUT2D eigenvalue weighted by Gasteiger charge is 2.09. The molecule has 24 heavy (non-hydrogen) atoms. The van der Waals surface area contributed by atoms with Crippen molar-refractivity contribution in [3.8, 4) is 23.5 Å². The monoisotopic (exact) mass is 318 g/mol. The molecule has 0 aliphatic heterocycles. The number of hydrogen-bond donors (Lipinski definition) is 1. The van der Waals surface area contributed by atoms with E-state index < -0.39 is 0 Å². The SMILES string of the molecule is C#CC.Cc1ccccc1-c1cc(=O)oc2cc(/C=C/O)ccc12. The van der Waals surface area contributed by atoms with Crippen molar-refractivity contribution >= 4 is 17.0 Å². The van der Waals surface area contributed by atoms with Crippen LogP contribution >= 0.6 is 0 Å². The first kappa shape index (κ1) is 17.1. The topological polar surface area (TPSA) is 50.4 Å². The van der Waals surface area contributed by atoms with E-state index in [2.05, 4.69) is 12.3 Å². The van der Waals surface area contributed by atoms with Gasteiger partial charge in [-0.25, -0.2) is 4.79 Å². The average Bonchev–Trinajstić information content (AvgIpc) is 2.55. The maximum absolute atomic E-state index is 11.8. The van der Waals surface area contributed by atoms with Gasteiger partial charge < -0.3 is 9.52 Å². The van der Waals surface area contributed by atoms with Gasteiger partial charge >= 0.3 is 5.63 Å². The first-order valence-electron chi connectivity index (χ1n) is 7.42. The van der Waals surface area contributed by atoms with Gasteiger partial charge in [0.2, 0.25) is 0 Å². The molecule has 0 bridgehead atoms. The molecular weight excluding hydrogens is 300 g/mol. The Labute approximate surface area is 140 Å². The van der Waals surface area contributed by atoms with Crippen molar-refractivity contribution in [2.75, 3.05) is 0 Å². The van der Waals surface area contributed by atoms with E-state index in [9.17, 15) is 4.79 Å². The highest BCUT2D eigenvalue weighted by atomic mass is 16.4. The van der Waals surface area contributed by atoms with Crippen molar-refractivity contribution in [3.05, 3.63) is 76.3 Å². The van der Waals surface area contributed by atoms with Gasteiger partial charge in [0.1, 0.15) is 5.58 Å². The van der Waals surface area contributed by atoms with Crippen LogP contribution in [0.4, 0.5) is 0 Å². The Morgan fingerprint density at radius 1 is 1.12 bits per heavy atom. The summed E-state index contributed by atoms with van der Waals surface area (Å²) in [5.41, 5.74) is 3.88. The lowest BCUT2D eigenvalue weighted by molar-refractivity contribution is 0.478. The van der Waals surface area contributed by atoms with E-state index in [4.69, 9.17) is 9.52 Å². The molecule has 0 aliphatic rings. The van der Waals surface area contributed by atoms with Crippen LogP contribution < -0.4 is 5.63 Å². The van der Waals surface area contributed by atoms with Gasteiger partial charge in [-0.3, -0.25) is 0 Å². The third-order valence-electron chi connectivity index (χ3n) is 3.47. The molecule has 120 valence electrons. The standard InChI is InChI=1S/C18H14O3.C3H4/c1-12-4-2-3-5-14(12)16-11-18(20)21-17-10-13(8-9-19)6-7-15(16)17;1-3-2/h2-11,19H,1H3;1H,2H3/b9-8+;. The molecule has 1 heterocycles. The first-order valence-corrected chi connectivity index (χ1v) is 7.42. The lowest BCUT2D eigenvalue weighted by Crippen LogP contribution is -1.99. The molecule has 0 spiro atoms. The van der Waals surface area contributed by atoms with Crippen LogP contribution in [0.25, 0.3) is 28.2 Å². The maximum atomic E-state index is 11.8. The molecule has 1 aromatic heterocycles. The summed E-state index contributed by atoms with van der Waals surface area (Å²) in [5, 5.41) is 9.72. The number of aliphatic hydroxyl groups excluding tert-OH is 1. The molecule has 0 unspecified atom stereocenters. The summed E-state index contributed by atoms with van der Waals surface area (Å²) in [6, 6.07) is 15.0. The number of rotatable bonds is 2. The minimum absolute atomic E-state index is 0.383. The Hall–Kier alpha value is -3.25. The minimum Gasteiger partial charge on any atom is -0.516 e. The number of terminal acetylenes is 1. The van der Waals surface area contributed by atoms with Gasteiger partial charge in [0, 0.05) is 17.0 Å². The normalized spacial score (nSPS) is 10.2. The highest BCUT2D eigenvalue weighted by Crippen LogP contribution is 2.30. The first-order chi connectivity index (χ1) is 11.6. The fraction of sp³-hybridized carbons (Fsp3) is 0.0952. The molecule has 0 atom stereocenters. The Morgan fingerprint density at radius 3 is 2.50 bits per heavy atom. The third-order valence-corrected chi connectivity index (χ3v) is 3.47. The summed E-state index contributed by atoms with van der Waals surface area (Å²) >= 11 is 0. The van der Waals surface area contributed by atoms with E-state index >= 15 is 0 Å². The molecular formula is C21H18O3. The molecule has 0 aliphatic carbocycles. The molecule has 0 saturated carbocycles. The Bertz CT molecular complexity index is 972. The van der Waals surface area contributed by atoms with Gasteiger partial charge in [-0.1, -0.05) is 36.4 Å². The van der Waals surface area contributed by atoms with E-state index in [1.54, 1.807) is 19.1 Å². The van der Waals surface area contributed by atoms with Gasteiger partial charge in [-0.05, 0) is 42.7 Å². The zero-order valence-corrected chi connectivity index (χ0v) is 13.6. The second-order valence-corrected chi connectivity index (χ2v) is 5.15. The smallest absolute Gasteiger partial charge is 0.336 e. The van der Waals surface area contributed by atoms with Gasteiger partial charge in [0.05, 0.1) is 6.26 Å². The van der Waals surface area contributed by atoms with Gasteiger partial charge in [0.15, 0.2) is 0 Å². The van der Waals surface area contributed by atoms with Crippen LogP contribution in [0.3, 0.4) is 0 Å².